The van der Waals surface area contributed by atoms with E-state index in [1.165, 1.54) is 25.1 Å². The first-order valence-corrected chi connectivity index (χ1v) is 11.6. The van der Waals surface area contributed by atoms with Crippen LogP contribution in [0.4, 0.5) is 32.0 Å². The van der Waals surface area contributed by atoms with Crippen molar-refractivity contribution < 1.29 is 35.9 Å². The predicted octanol–water partition coefficient (Wildman–Crippen LogP) is 7.43. The SMILES string of the molecule is CC1=NN(c2c(F)c(F)c(F)c(F)c2F)C(=O)/C1=C/c1cc(Br)c(OCc2cccc(F)c2)c(Br)c1. The van der Waals surface area contributed by atoms with Gasteiger partial charge in [0.15, 0.2) is 23.3 Å². The van der Waals surface area contributed by atoms with Crippen LogP contribution in [0.2, 0.25) is 0 Å². The van der Waals surface area contributed by atoms with Crippen molar-refractivity contribution in [1.29, 1.82) is 0 Å². The first kappa shape index (κ1) is 26.0. The van der Waals surface area contributed by atoms with Gasteiger partial charge < -0.3 is 4.74 Å². The van der Waals surface area contributed by atoms with E-state index >= 15 is 0 Å². The molecule has 186 valence electrons. The zero-order valence-electron chi connectivity index (χ0n) is 18.0. The van der Waals surface area contributed by atoms with Crippen LogP contribution < -0.4 is 9.75 Å². The number of ether oxygens (including phenoxy) is 1. The van der Waals surface area contributed by atoms with Gasteiger partial charge in [0.05, 0.1) is 20.2 Å². The number of carbonyl (C=O) groups is 1. The number of amides is 1. The minimum atomic E-state index is -2.34. The van der Waals surface area contributed by atoms with Gasteiger partial charge in [-0.25, -0.2) is 26.3 Å². The molecular formula is C24H12Br2F6N2O2. The molecule has 0 bridgehead atoms. The quantitative estimate of drug-likeness (QED) is 0.127. The Balaban J connectivity index is 1.63. The molecule has 1 heterocycles. The van der Waals surface area contributed by atoms with Crippen LogP contribution in [0.15, 0.2) is 56.0 Å². The average molecular weight is 634 g/mol. The molecule has 0 radical (unpaired) electrons. The van der Waals surface area contributed by atoms with Crippen molar-refractivity contribution in [3.63, 3.8) is 0 Å². The van der Waals surface area contributed by atoms with Crippen molar-refractivity contribution in [2.45, 2.75) is 13.5 Å². The molecule has 1 amide bonds. The lowest BCUT2D eigenvalue weighted by atomic mass is 10.1. The largest absolute Gasteiger partial charge is 0.487 e. The van der Waals surface area contributed by atoms with Crippen LogP contribution in [0, 0.1) is 34.9 Å². The minimum absolute atomic E-state index is 0.0115. The molecule has 0 aromatic heterocycles. The van der Waals surface area contributed by atoms with Crippen LogP contribution in [0.1, 0.15) is 18.1 Å². The van der Waals surface area contributed by atoms with E-state index in [4.69, 9.17) is 4.74 Å². The van der Waals surface area contributed by atoms with Gasteiger partial charge in [-0.2, -0.15) is 10.1 Å². The van der Waals surface area contributed by atoms with E-state index in [0.717, 1.165) is 0 Å². The summed E-state index contributed by atoms with van der Waals surface area (Å²) >= 11 is 6.71. The lowest BCUT2D eigenvalue weighted by molar-refractivity contribution is -0.114. The highest BCUT2D eigenvalue weighted by Gasteiger charge is 2.37. The van der Waals surface area contributed by atoms with Gasteiger partial charge in [0, 0.05) is 0 Å². The summed E-state index contributed by atoms with van der Waals surface area (Å²) in [7, 11) is 0. The average Bonchev–Trinajstić information content (AvgIpc) is 3.09. The third-order valence-electron chi connectivity index (χ3n) is 5.06. The van der Waals surface area contributed by atoms with Gasteiger partial charge in [-0.05, 0) is 80.3 Å². The molecule has 0 aliphatic carbocycles. The molecule has 4 rings (SSSR count). The van der Waals surface area contributed by atoms with Crippen LogP contribution in [-0.2, 0) is 11.4 Å². The number of rotatable bonds is 5. The number of nitrogens with zero attached hydrogens (tertiary/aromatic N) is 2. The highest BCUT2D eigenvalue weighted by Crippen LogP contribution is 2.37. The van der Waals surface area contributed by atoms with Crippen molar-refractivity contribution in [1.82, 2.24) is 0 Å². The van der Waals surface area contributed by atoms with Crippen molar-refractivity contribution in [3.8, 4) is 5.75 Å². The summed E-state index contributed by atoms with van der Waals surface area (Å²) < 4.78 is 89.2. The number of halogens is 8. The van der Waals surface area contributed by atoms with Gasteiger partial charge in [-0.15, -0.1) is 0 Å². The Morgan fingerprint density at radius 1 is 0.917 bits per heavy atom. The van der Waals surface area contributed by atoms with E-state index in [1.54, 1.807) is 24.3 Å². The molecule has 0 unspecified atom stereocenters. The standard InChI is InChI=1S/C24H12Br2F6N2O2/c1-10-14(24(35)34(33-10)22-20(31)18(29)17(28)19(30)21(22)32)6-12-7-15(25)23(16(26)8-12)36-9-11-3-2-4-13(27)5-11/h2-8H,9H2,1H3/b14-6+. The molecule has 0 atom stereocenters. The zero-order chi connectivity index (χ0) is 26.3. The number of hydrogen-bond donors (Lipinski definition) is 0. The van der Waals surface area contributed by atoms with Crippen molar-refractivity contribution in [2.24, 2.45) is 5.10 Å². The number of hydrogen-bond acceptors (Lipinski definition) is 3. The second-order valence-electron chi connectivity index (χ2n) is 7.51. The fraction of sp³-hybridized carbons (Fsp3) is 0.0833. The van der Waals surface area contributed by atoms with Gasteiger partial charge in [0.25, 0.3) is 5.91 Å². The Labute approximate surface area is 217 Å². The van der Waals surface area contributed by atoms with Gasteiger partial charge in [-0.3, -0.25) is 4.79 Å². The molecule has 0 fully saturated rings. The second kappa shape index (κ2) is 10.1. The predicted molar refractivity (Wildman–Crippen MR) is 127 cm³/mol. The number of benzene rings is 3. The smallest absolute Gasteiger partial charge is 0.280 e. The van der Waals surface area contributed by atoms with Gasteiger partial charge in [0.2, 0.25) is 5.82 Å². The topological polar surface area (TPSA) is 41.9 Å². The van der Waals surface area contributed by atoms with Crippen LogP contribution in [0.5, 0.6) is 5.75 Å². The van der Waals surface area contributed by atoms with Gasteiger partial charge >= 0.3 is 0 Å². The lowest BCUT2D eigenvalue weighted by Crippen LogP contribution is -2.25. The van der Waals surface area contributed by atoms with E-state index in [-0.39, 0.29) is 22.9 Å². The second-order valence-corrected chi connectivity index (χ2v) is 9.22. The highest BCUT2D eigenvalue weighted by molar-refractivity contribution is 9.11. The highest BCUT2D eigenvalue weighted by atomic mass is 79.9. The fourth-order valence-corrected chi connectivity index (χ4v) is 4.82. The molecule has 1 aliphatic heterocycles. The monoisotopic (exact) mass is 632 g/mol. The molecule has 3 aromatic carbocycles. The first-order valence-electron chi connectivity index (χ1n) is 9.99. The summed E-state index contributed by atoms with van der Waals surface area (Å²) in [5.74, 6) is -12.2. The summed E-state index contributed by atoms with van der Waals surface area (Å²) in [6, 6.07) is 9.00. The maximum Gasteiger partial charge on any atom is 0.280 e. The molecular weight excluding hydrogens is 622 g/mol. The molecule has 4 nitrogen and oxygen atoms in total. The molecule has 36 heavy (non-hydrogen) atoms. The van der Waals surface area contributed by atoms with Crippen molar-refractivity contribution in [3.05, 3.63) is 96.9 Å². The van der Waals surface area contributed by atoms with E-state index in [2.05, 4.69) is 37.0 Å². The van der Waals surface area contributed by atoms with E-state index in [0.29, 0.717) is 25.8 Å². The Bertz CT molecular complexity index is 1420. The van der Waals surface area contributed by atoms with Crippen LogP contribution in [0.25, 0.3) is 6.08 Å². The van der Waals surface area contributed by atoms with Gasteiger partial charge in [0.1, 0.15) is 23.9 Å². The number of carbonyl (C=O) groups excluding carboxylic acids is 1. The van der Waals surface area contributed by atoms with Crippen LogP contribution in [-0.4, -0.2) is 11.6 Å². The summed E-state index contributed by atoms with van der Waals surface area (Å²) in [6.45, 7) is 1.41. The Morgan fingerprint density at radius 3 is 2.08 bits per heavy atom. The Morgan fingerprint density at radius 2 is 1.50 bits per heavy atom. The summed E-state index contributed by atoms with van der Waals surface area (Å²) in [5.41, 5.74) is -0.600. The fourth-order valence-electron chi connectivity index (χ4n) is 3.36. The molecule has 0 N–H and O–H groups in total. The molecule has 12 heteroatoms. The van der Waals surface area contributed by atoms with Crippen molar-refractivity contribution >= 4 is 55.2 Å². The van der Waals surface area contributed by atoms with E-state index < -0.39 is 46.5 Å². The van der Waals surface area contributed by atoms with E-state index in [1.807, 2.05) is 0 Å². The maximum atomic E-state index is 14.2. The molecule has 0 saturated carbocycles. The van der Waals surface area contributed by atoms with Crippen LogP contribution in [0.3, 0.4) is 0 Å². The molecule has 0 saturated heterocycles. The normalized spacial score (nSPS) is 14.6. The Hall–Kier alpha value is -3.12. The third kappa shape index (κ3) is 4.79. The van der Waals surface area contributed by atoms with Crippen molar-refractivity contribution in [2.75, 3.05) is 5.01 Å². The zero-order valence-corrected chi connectivity index (χ0v) is 21.2. The summed E-state index contributed by atoms with van der Waals surface area (Å²) in [6.07, 6.45) is 1.33. The first-order chi connectivity index (χ1) is 17.0. The lowest BCUT2D eigenvalue weighted by Gasteiger charge is -2.15. The Kier molecular flexibility index (Phi) is 7.28. The summed E-state index contributed by atoms with van der Waals surface area (Å²) in [4.78, 5) is 12.8. The minimum Gasteiger partial charge on any atom is -0.487 e. The third-order valence-corrected chi connectivity index (χ3v) is 6.24. The maximum absolute atomic E-state index is 14.2. The molecule has 1 aliphatic rings. The number of hydrazone groups is 1. The van der Waals surface area contributed by atoms with E-state index in [9.17, 15) is 31.1 Å². The molecule has 3 aromatic rings. The molecule has 0 spiro atoms. The van der Waals surface area contributed by atoms with Crippen LogP contribution >= 0.6 is 31.9 Å². The van der Waals surface area contributed by atoms with Gasteiger partial charge in [-0.1, -0.05) is 12.1 Å². The number of anilines is 1. The summed E-state index contributed by atoms with van der Waals surface area (Å²) in [5, 5.41) is 3.84.